The minimum atomic E-state index is -4.02. The average molecular weight is 339 g/mol. The highest BCUT2D eigenvalue weighted by Crippen LogP contribution is 2.56. The number of hydrogen-bond acceptors (Lipinski definition) is 3. The van der Waals surface area contributed by atoms with Crippen molar-refractivity contribution >= 4 is 13.3 Å². The van der Waals surface area contributed by atoms with Gasteiger partial charge in [-0.05, 0) is 29.8 Å². The Morgan fingerprint density at radius 3 is 1.88 bits per heavy atom. The van der Waals surface area contributed by atoms with Gasteiger partial charge in [0.05, 0.1) is 0 Å². The van der Waals surface area contributed by atoms with Gasteiger partial charge in [0.2, 0.25) is 0 Å². The van der Waals surface area contributed by atoms with Crippen molar-refractivity contribution in [3.63, 3.8) is 0 Å². The van der Waals surface area contributed by atoms with E-state index in [1.54, 1.807) is 36.4 Å². The number of hydrogen-bond donors (Lipinski definition) is 2. The molecule has 2 N–H and O–H groups in total. The molecule has 0 spiro atoms. The molecule has 3 rings (SSSR count). The summed E-state index contributed by atoms with van der Waals surface area (Å²) >= 11 is 0. The van der Waals surface area contributed by atoms with Crippen LogP contribution in [0.25, 0.3) is 0 Å². The van der Waals surface area contributed by atoms with E-state index >= 15 is 0 Å². The molecule has 0 aromatic heterocycles. The van der Waals surface area contributed by atoms with Crippen LogP contribution >= 0.6 is 7.60 Å². The van der Waals surface area contributed by atoms with Crippen LogP contribution in [0.3, 0.4) is 0 Å². The lowest BCUT2D eigenvalue weighted by molar-refractivity contribution is 0.370. The molecule has 0 saturated carbocycles. The van der Waals surface area contributed by atoms with E-state index in [0.29, 0.717) is 11.3 Å². The number of para-hydroxylation sites is 2. The van der Waals surface area contributed by atoms with Crippen molar-refractivity contribution < 1.29 is 14.0 Å². The van der Waals surface area contributed by atoms with Gasteiger partial charge in [-0.15, -0.1) is 0 Å². The molecule has 5 heteroatoms. The maximum atomic E-state index is 13.0. The zero-order valence-corrected chi connectivity index (χ0v) is 13.8. The van der Waals surface area contributed by atoms with Crippen molar-refractivity contribution in [1.82, 2.24) is 0 Å². The molecule has 0 aliphatic rings. The second-order valence-electron chi connectivity index (χ2n) is 5.29. The molecule has 0 saturated heterocycles. The standard InChI is InChI=1S/C19H18NO3P/c21-24(22,23-18-14-8-3-9-15-18)19(16-10-4-1-5-11-16)20-17-12-6-2-7-13-17/h1-15,19-20H,(H,21,22). The van der Waals surface area contributed by atoms with Gasteiger partial charge in [-0.1, -0.05) is 66.7 Å². The Hall–Kier alpha value is -2.55. The predicted molar refractivity (Wildman–Crippen MR) is 96.1 cm³/mol. The first kappa shape index (κ1) is 16.3. The van der Waals surface area contributed by atoms with Crippen LogP contribution in [-0.2, 0) is 4.57 Å². The van der Waals surface area contributed by atoms with Crippen LogP contribution in [0.2, 0.25) is 0 Å². The molecule has 4 nitrogen and oxygen atoms in total. The van der Waals surface area contributed by atoms with Crippen molar-refractivity contribution in [2.24, 2.45) is 0 Å². The Morgan fingerprint density at radius 1 is 0.792 bits per heavy atom. The summed E-state index contributed by atoms with van der Waals surface area (Å²) in [6.07, 6.45) is 0. The first-order valence-corrected chi connectivity index (χ1v) is 9.23. The van der Waals surface area contributed by atoms with Crippen molar-refractivity contribution in [2.75, 3.05) is 5.32 Å². The van der Waals surface area contributed by atoms with Crippen LogP contribution < -0.4 is 9.84 Å². The summed E-state index contributed by atoms with van der Waals surface area (Å²) in [6.45, 7) is 0. The smallest absolute Gasteiger partial charge is 0.403 e. The van der Waals surface area contributed by atoms with E-state index in [9.17, 15) is 9.46 Å². The fourth-order valence-electron chi connectivity index (χ4n) is 2.37. The Bertz CT molecular complexity index is 810. The minimum absolute atomic E-state index is 0.360. The van der Waals surface area contributed by atoms with Crippen LogP contribution in [0.1, 0.15) is 11.3 Å². The van der Waals surface area contributed by atoms with Gasteiger partial charge >= 0.3 is 7.60 Å². The molecule has 0 aliphatic heterocycles. The van der Waals surface area contributed by atoms with E-state index < -0.39 is 13.4 Å². The maximum absolute atomic E-state index is 13.0. The summed E-state index contributed by atoms with van der Waals surface area (Å²) in [7, 11) is -4.02. The first-order valence-electron chi connectivity index (χ1n) is 7.59. The maximum Gasteiger partial charge on any atom is 0.403 e. The van der Waals surface area contributed by atoms with Crippen molar-refractivity contribution in [1.29, 1.82) is 0 Å². The van der Waals surface area contributed by atoms with Crippen molar-refractivity contribution in [2.45, 2.75) is 5.78 Å². The number of benzene rings is 3. The summed E-state index contributed by atoms with van der Waals surface area (Å²) < 4.78 is 18.4. The van der Waals surface area contributed by atoms with E-state index in [-0.39, 0.29) is 0 Å². The third-order valence-electron chi connectivity index (χ3n) is 3.50. The first-order chi connectivity index (χ1) is 11.6. The van der Waals surface area contributed by atoms with Gasteiger partial charge in [0.25, 0.3) is 0 Å². The second kappa shape index (κ2) is 7.35. The summed E-state index contributed by atoms with van der Waals surface area (Å²) in [5, 5.41) is 3.12. The Kier molecular flexibility index (Phi) is 4.99. The zero-order chi connectivity index (χ0) is 16.8. The summed E-state index contributed by atoms with van der Waals surface area (Å²) in [5.41, 5.74) is 1.43. The van der Waals surface area contributed by atoms with Gasteiger partial charge in [0, 0.05) is 5.69 Å². The Balaban J connectivity index is 1.93. The van der Waals surface area contributed by atoms with Crippen LogP contribution in [0, 0.1) is 0 Å². The molecule has 2 atom stereocenters. The van der Waals surface area contributed by atoms with E-state index in [0.717, 1.165) is 5.69 Å². The normalized spacial score (nSPS) is 14.4. The highest BCUT2D eigenvalue weighted by Gasteiger charge is 2.35. The number of anilines is 1. The van der Waals surface area contributed by atoms with E-state index in [1.807, 2.05) is 54.6 Å². The monoisotopic (exact) mass is 339 g/mol. The molecule has 3 aromatic carbocycles. The topological polar surface area (TPSA) is 58.6 Å². The van der Waals surface area contributed by atoms with Crippen LogP contribution in [0.15, 0.2) is 91.0 Å². The lowest BCUT2D eigenvalue weighted by Crippen LogP contribution is -2.14. The van der Waals surface area contributed by atoms with Gasteiger partial charge < -0.3 is 14.7 Å². The molecule has 0 radical (unpaired) electrons. The molecule has 24 heavy (non-hydrogen) atoms. The number of rotatable bonds is 6. The Labute approximate surface area is 141 Å². The zero-order valence-electron chi connectivity index (χ0n) is 12.9. The fraction of sp³-hybridized carbons (Fsp3) is 0.0526. The highest BCUT2D eigenvalue weighted by molar-refractivity contribution is 7.53. The van der Waals surface area contributed by atoms with Gasteiger partial charge in [-0.3, -0.25) is 0 Å². The summed E-state index contributed by atoms with van der Waals surface area (Å²) in [4.78, 5) is 10.6. The van der Waals surface area contributed by atoms with E-state index in [1.165, 1.54) is 0 Å². The van der Waals surface area contributed by atoms with Crippen molar-refractivity contribution in [3.8, 4) is 5.75 Å². The average Bonchev–Trinajstić information content (AvgIpc) is 2.62. The predicted octanol–water partition coefficient (Wildman–Crippen LogP) is 5.06. The van der Waals surface area contributed by atoms with Gasteiger partial charge in [0.1, 0.15) is 5.75 Å². The number of nitrogens with one attached hydrogen (secondary N) is 1. The molecule has 0 bridgehead atoms. The van der Waals surface area contributed by atoms with Crippen LogP contribution in [-0.4, -0.2) is 4.89 Å². The molecule has 3 aromatic rings. The van der Waals surface area contributed by atoms with Crippen LogP contribution in [0.4, 0.5) is 5.69 Å². The molecule has 122 valence electrons. The molecule has 0 fully saturated rings. The largest absolute Gasteiger partial charge is 0.423 e. The van der Waals surface area contributed by atoms with Crippen LogP contribution in [0.5, 0.6) is 5.75 Å². The lowest BCUT2D eigenvalue weighted by atomic mass is 10.2. The fourth-order valence-corrected chi connectivity index (χ4v) is 3.76. The highest BCUT2D eigenvalue weighted by atomic mass is 31.2. The molecular weight excluding hydrogens is 321 g/mol. The molecule has 0 heterocycles. The van der Waals surface area contributed by atoms with Gasteiger partial charge in [-0.2, -0.15) is 0 Å². The molecule has 0 amide bonds. The SMILES string of the molecule is O=P(O)(Oc1ccccc1)C(Nc1ccccc1)c1ccccc1. The van der Waals surface area contributed by atoms with Gasteiger partial charge in [0.15, 0.2) is 5.78 Å². The summed E-state index contributed by atoms with van der Waals surface area (Å²) in [6, 6.07) is 27.1. The molecular formula is C19H18NO3P. The lowest BCUT2D eigenvalue weighted by Gasteiger charge is -2.25. The Morgan fingerprint density at radius 2 is 1.29 bits per heavy atom. The molecule has 0 aliphatic carbocycles. The summed E-state index contributed by atoms with van der Waals surface area (Å²) in [5.74, 6) is -0.513. The van der Waals surface area contributed by atoms with E-state index in [2.05, 4.69) is 5.32 Å². The van der Waals surface area contributed by atoms with Crippen molar-refractivity contribution in [3.05, 3.63) is 96.6 Å². The third-order valence-corrected chi connectivity index (χ3v) is 5.05. The second-order valence-corrected chi connectivity index (χ2v) is 7.12. The quantitative estimate of drug-likeness (QED) is 0.616. The molecule has 2 unspecified atom stereocenters. The van der Waals surface area contributed by atoms with E-state index in [4.69, 9.17) is 4.52 Å². The third kappa shape index (κ3) is 4.05. The minimum Gasteiger partial charge on any atom is -0.423 e. The van der Waals surface area contributed by atoms with Gasteiger partial charge in [-0.25, -0.2) is 4.57 Å².